The molecule has 0 saturated heterocycles. The maximum atomic E-state index is 5.89. The molecule has 2 N–H and O–H groups in total. The molecule has 2 heterocycles. The van der Waals surface area contributed by atoms with Crippen molar-refractivity contribution >= 4 is 11.3 Å². The Morgan fingerprint density at radius 1 is 1.62 bits per heavy atom. The lowest BCUT2D eigenvalue weighted by atomic mass is 10.2. The molecule has 0 aromatic carbocycles. The minimum absolute atomic E-state index is 0.291. The third-order valence-electron chi connectivity index (χ3n) is 1.66. The zero-order chi connectivity index (χ0) is 9.26. The first kappa shape index (κ1) is 8.40. The molecule has 13 heavy (non-hydrogen) atoms. The van der Waals surface area contributed by atoms with Crippen LogP contribution in [0.1, 0.15) is 22.6 Å². The second kappa shape index (κ2) is 3.27. The molecule has 0 aliphatic rings. The minimum Gasteiger partial charge on any atom is -0.337 e. The number of hydrogen-bond acceptors (Lipinski definition) is 5. The fourth-order valence-corrected chi connectivity index (χ4v) is 1.75. The zero-order valence-corrected chi connectivity index (χ0v) is 7.91. The van der Waals surface area contributed by atoms with Crippen molar-refractivity contribution in [1.29, 1.82) is 0 Å². The summed E-state index contributed by atoms with van der Waals surface area (Å²) < 4.78 is 4.97. The molecule has 0 amide bonds. The normalized spacial score (nSPS) is 13.1. The van der Waals surface area contributed by atoms with E-state index < -0.39 is 0 Å². The molecule has 0 saturated carbocycles. The quantitative estimate of drug-likeness (QED) is 0.788. The summed E-state index contributed by atoms with van der Waals surface area (Å²) in [5, 5.41) is 5.66. The Morgan fingerprint density at radius 3 is 3.00 bits per heavy atom. The van der Waals surface area contributed by atoms with Crippen LogP contribution in [0, 0.1) is 6.92 Å². The van der Waals surface area contributed by atoms with Crippen LogP contribution in [0.25, 0.3) is 0 Å². The number of hydrogen-bond donors (Lipinski definition) is 1. The summed E-state index contributed by atoms with van der Waals surface area (Å²) in [7, 11) is 0. The maximum Gasteiger partial charge on any atom is 0.248 e. The van der Waals surface area contributed by atoms with Gasteiger partial charge in [-0.25, -0.2) is 0 Å². The van der Waals surface area contributed by atoms with Crippen molar-refractivity contribution in [2.75, 3.05) is 0 Å². The predicted molar refractivity (Wildman–Crippen MR) is 49.4 cm³/mol. The smallest absolute Gasteiger partial charge is 0.248 e. The average molecular weight is 195 g/mol. The molecule has 68 valence electrons. The Labute approximate surface area is 79.4 Å². The first-order valence-electron chi connectivity index (χ1n) is 3.86. The van der Waals surface area contributed by atoms with Gasteiger partial charge >= 0.3 is 0 Å². The van der Waals surface area contributed by atoms with E-state index in [1.165, 1.54) is 0 Å². The molecule has 5 heteroatoms. The van der Waals surface area contributed by atoms with Crippen molar-refractivity contribution in [3.63, 3.8) is 0 Å². The molecular weight excluding hydrogens is 186 g/mol. The van der Waals surface area contributed by atoms with Crippen LogP contribution in [0.5, 0.6) is 0 Å². The van der Waals surface area contributed by atoms with E-state index in [2.05, 4.69) is 10.1 Å². The summed E-state index contributed by atoms with van der Waals surface area (Å²) >= 11 is 1.58. The molecular formula is C8H9N3OS. The summed E-state index contributed by atoms with van der Waals surface area (Å²) in [5.41, 5.74) is 5.89. The van der Waals surface area contributed by atoms with Crippen LogP contribution in [0.15, 0.2) is 22.0 Å². The lowest BCUT2D eigenvalue weighted by molar-refractivity contribution is 0.365. The number of rotatable bonds is 2. The first-order chi connectivity index (χ1) is 6.27. The first-order valence-corrected chi connectivity index (χ1v) is 4.74. The highest BCUT2D eigenvalue weighted by Gasteiger charge is 2.15. The van der Waals surface area contributed by atoms with E-state index in [1.54, 1.807) is 18.3 Å². The van der Waals surface area contributed by atoms with Crippen molar-refractivity contribution in [2.45, 2.75) is 13.0 Å². The van der Waals surface area contributed by atoms with Gasteiger partial charge in [-0.05, 0) is 18.4 Å². The second-order valence-corrected chi connectivity index (χ2v) is 3.65. The molecule has 4 nitrogen and oxygen atoms in total. The van der Waals surface area contributed by atoms with Crippen molar-refractivity contribution < 1.29 is 4.52 Å². The zero-order valence-electron chi connectivity index (χ0n) is 7.10. The van der Waals surface area contributed by atoms with Crippen LogP contribution in [-0.4, -0.2) is 10.1 Å². The van der Waals surface area contributed by atoms with Gasteiger partial charge in [-0.3, -0.25) is 0 Å². The van der Waals surface area contributed by atoms with Crippen molar-refractivity contribution in [3.8, 4) is 0 Å². The van der Waals surface area contributed by atoms with Crippen LogP contribution in [0.2, 0.25) is 0 Å². The van der Waals surface area contributed by atoms with Crippen LogP contribution in [0.3, 0.4) is 0 Å². The summed E-state index contributed by atoms with van der Waals surface area (Å²) in [6, 6.07) is 3.61. The van der Waals surface area contributed by atoms with Gasteiger partial charge < -0.3 is 10.3 Å². The van der Waals surface area contributed by atoms with Gasteiger partial charge in [0, 0.05) is 4.88 Å². The van der Waals surface area contributed by atoms with E-state index in [9.17, 15) is 0 Å². The lowest BCUT2D eigenvalue weighted by Gasteiger charge is -2.01. The molecule has 0 bridgehead atoms. The fourth-order valence-electron chi connectivity index (χ4n) is 1.03. The standard InChI is InChI=1S/C8H9N3OS/c1-5-10-8(12-11-5)7(9)6-3-2-4-13-6/h2-4,7H,9H2,1H3. The minimum atomic E-state index is -0.291. The van der Waals surface area contributed by atoms with Crippen LogP contribution >= 0.6 is 11.3 Å². The van der Waals surface area contributed by atoms with Crippen molar-refractivity contribution in [3.05, 3.63) is 34.1 Å². The third kappa shape index (κ3) is 1.61. The van der Waals surface area contributed by atoms with Gasteiger partial charge in [0.25, 0.3) is 0 Å². The Bertz CT molecular complexity index is 382. The van der Waals surface area contributed by atoms with Gasteiger partial charge in [-0.2, -0.15) is 4.98 Å². The Morgan fingerprint density at radius 2 is 2.46 bits per heavy atom. The lowest BCUT2D eigenvalue weighted by Crippen LogP contribution is -2.10. The van der Waals surface area contributed by atoms with E-state index in [0.29, 0.717) is 11.7 Å². The van der Waals surface area contributed by atoms with E-state index in [1.807, 2.05) is 17.5 Å². The molecule has 2 aromatic rings. The van der Waals surface area contributed by atoms with Gasteiger partial charge in [-0.15, -0.1) is 11.3 Å². The highest BCUT2D eigenvalue weighted by atomic mass is 32.1. The number of nitrogens with zero attached hydrogens (tertiary/aromatic N) is 2. The van der Waals surface area contributed by atoms with Crippen LogP contribution < -0.4 is 5.73 Å². The average Bonchev–Trinajstić information content (AvgIpc) is 2.72. The second-order valence-electron chi connectivity index (χ2n) is 2.67. The van der Waals surface area contributed by atoms with Gasteiger partial charge in [0.2, 0.25) is 5.89 Å². The Kier molecular flexibility index (Phi) is 2.12. The SMILES string of the molecule is Cc1noc(C(N)c2cccs2)n1. The number of aromatic nitrogens is 2. The van der Waals surface area contributed by atoms with Gasteiger partial charge in [0.1, 0.15) is 6.04 Å². The molecule has 2 aromatic heterocycles. The van der Waals surface area contributed by atoms with E-state index in [0.717, 1.165) is 4.88 Å². The van der Waals surface area contributed by atoms with Crippen LogP contribution in [-0.2, 0) is 0 Å². The molecule has 0 aliphatic carbocycles. The molecule has 1 unspecified atom stereocenters. The monoisotopic (exact) mass is 195 g/mol. The maximum absolute atomic E-state index is 5.89. The van der Waals surface area contributed by atoms with Gasteiger partial charge in [-0.1, -0.05) is 11.2 Å². The van der Waals surface area contributed by atoms with Crippen molar-refractivity contribution in [1.82, 2.24) is 10.1 Å². The topological polar surface area (TPSA) is 64.9 Å². The molecule has 0 radical (unpaired) electrons. The molecule has 1 atom stereocenters. The molecule has 2 rings (SSSR count). The van der Waals surface area contributed by atoms with Gasteiger partial charge in [0.15, 0.2) is 5.82 Å². The molecule has 0 aliphatic heterocycles. The summed E-state index contributed by atoms with van der Waals surface area (Å²) in [5.74, 6) is 1.09. The van der Waals surface area contributed by atoms with Gasteiger partial charge in [0.05, 0.1) is 0 Å². The Balaban J connectivity index is 2.28. The largest absolute Gasteiger partial charge is 0.337 e. The summed E-state index contributed by atoms with van der Waals surface area (Å²) in [6.07, 6.45) is 0. The number of nitrogens with two attached hydrogens (primary N) is 1. The Hall–Kier alpha value is -1.20. The van der Waals surface area contributed by atoms with Crippen molar-refractivity contribution in [2.24, 2.45) is 5.73 Å². The van der Waals surface area contributed by atoms with E-state index in [4.69, 9.17) is 10.3 Å². The molecule has 0 spiro atoms. The van der Waals surface area contributed by atoms with E-state index >= 15 is 0 Å². The fraction of sp³-hybridized carbons (Fsp3) is 0.250. The highest BCUT2D eigenvalue weighted by molar-refractivity contribution is 7.10. The number of aryl methyl sites for hydroxylation is 1. The molecule has 0 fully saturated rings. The van der Waals surface area contributed by atoms with Crippen LogP contribution in [0.4, 0.5) is 0 Å². The predicted octanol–water partition coefficient (Wildman–Crippen LogP) is 1.49. The number of thiophene rings is 1. The summed E-state index contributed by atoms with van der Waals surface area (Å²) in [4.78, 5) is 5.10. The highest BCUT2D eigenvalue weighted by Crippen LogP contribution is 2.21. The third-order valence-corrected chi connectivity index (χ3v) is 2.61. The summed E-state index contributed by atoms with van der Waals surface area (Å²) in [6.45, 7) is 1.77. The van der Waals surface area contributed by atoms with E-state index in [-0.39, 0.29) is 6.04 Å².